The molecule has 0 radical (unpaired) electrons. The van der Waals surface area contributed by atoms with Gasteiger partial charge < -0.3 is 15.2 Å². The summed E-state index contributed by atoms with van der Waals surface area (Å²) in [5.41, 5.74) is -0.487. The predicted octanol–water partition coefficient (Wildman–Crippen LogP) is 3.21. The lowest BCUT2D eigenvalue weighted by Gasteiger charge is -2.37. The Morgan fingerprint density at radius 1 is 1.19 bits per heavy atom. The summed E-state index contributed by atoms with van der Waals surface area (Å²) in [4.78, 5) is 14.3. The zero-order chi connectivity index (χ0) is 18.0. The number of hydrogen-bond donors (Lipinski definition) is 2. The van der Waals surface area contributed by atoms with Crippen molar-refractivity contribution in [3.63, 3.8) is 0 Å². The van der Waals surface area contributed by atoms with Gasteiger partial charge in [0.2, 0.25) is 5.91 Å². The van der Waals surface area contributed by atoms with Crippen LogP contribution >= 0.6 is 11.3 Å². The van der Waals surface area contributed by atoms with Gasteiger partial charge in [-0.05, 0) is 48.6 Å². The fraction of sp³-hybridized carbons (Fsp3) is 0.476. The van der Waals surface area contributed by atoms with Gasteiger partial charge in [0.05, 0.1) is 12.0 Å². The summed E-state index contributed by atoms with van der Waals surface area (Å²) < 4.78 is 5.52. The Hall–Kier alpha value is -1.69. The number of hydrogen-bond acceptors (Lipinski definition) is 4. The topological polar surface area (TPSA) is 58.6 Å². The van der Waals surface area contributed by atoms with Gasteiger partial charge in [0.1, 0.15) is 5.60 Å². The third-order valence-electron chi connectivity index (χ3n) is 5.83. The summed E-state index contributed by atoms with van der Waals surface area (Å²) in [5.74, 6) is 0.242. The number of nitrogens with one attached hydrogen (secondary N) is 1. The second-order valence-corrected chi connectivity index (χ2v) is 8.37. The zero-order valence-electron chi connectivity index (χ0n) is 14.8. The number of benzene rings is 1. The molecule has 1 saturated carbocycles. The predicted molar refractivity (Wildman–Crippen MR) is 102 cm³/mol. The highest BCUT2D eigenvalue weighted by Crippen LogP contribution is 2.47. The maximum atomic E-state index is 13.3. The molecule has 4 rings (SSSR count). The molecule has 1 aliphatic carbocycles. The number of aliphatic hydroxyl groups is 1. The third-order valence-corrected chi connectivity index (χ3v) is 6.86. The number of thiophene rings is 1. The first-order valence-corrected chi connectivity index (χ1v) is 10.2. The van der Waals surface area contributed by atoms with Gasteiger partial charge in [-0.1, -0.05) is 36.4 Å². The van der Waals surface area contributed by atoms with Crippen molar-refractivity contribution in [3.05, 3.63) is 58.3 Å². The molecule has 1 aromatic heterocycles. The average Bonchev–Trinajstić information content (AvgIpc) is 3.41. The second kappa shape index (κ2) is 7.14. The molecule has 1 unspecified atom stereocenters. The van der Waals surface area contributed by atoms with Crippen LogP contribution in [0.1, 0.15) is 36.1 Å². The van der Waals surface area contributed by atoms with Crippen molar-refractivity contribution in [1.82, 2.24) is 5.32 Å². The van der Waals surface area contributed by atoms with Crippen LogP contribution in [-0.4, -0.2) is 30.8 Å². The fourth-order valence-electron chi connectivity index (χ4n) is 4.03. The molecule has 1 aromatic carbocycles. The molecule has 0 bridgehead atoms. The molecule has 2 aliphatic rings. The van der Waals surface area contributed by atoms with E-state index in [0.717, 1.165) is 23.3 Å². The van der Waals surface area contributed by atoms with E-state index in [-0.39, 0.29) is 18.4 Å². The first kappa shape index (κ1) is 17.7. The number of ether oxygens (including phenoxy) is 1. The molecule has 26 heavy (non-hydrogen) atoms. The van der Waals surface area contributed by atoms with Crippen LogP contribution in [0.25, 0.3) is 0 Å². The Labute approximate surface area is 158 Å². The molecule has 2 heterocycles. The summed E-state index contributed by atoms with van der Waals surface area (Å²) in [7, 11) is 0. The van der Waals surface area contributed by atoms with Crippen LogP contribution in [0, 0.1) is 5.92 Å². The maximum absolute atomic E-state index is 13.3. The monoisotopic (exact) mass is 371 g/mol. The first-order chi connectivity index (χ1) is 12.7. The van der Waals surface area contributed by atoms with E-state index in [4.69, 9.17) is 4.74 Å². The van der Waals surface area contributed by atoms with Crippen LogP contribution < -0.4 is 5.32 Å². The van der Waals surface area contributed by atoms with Crippen LogP contribution in [0.15, 0.2) is 47.8 Å². The van der Waals surface area contributed by atoms with Crippen molar-refractivity contribution >= 4 is 17.2 Å². The Morgan fingerprint density at radius 3 is 2.54 bits per heavy atom. The van der Waals surface area contributed by atoms with Gasteiger partial charge in [-0.3, -0.25) is 4.79 Å². The van der Waals surface area contributed by atoms with E-state index in [0.29, 0.717) is 26.1 Å². The van der Waals surface area contributed by atoms with Gasteiger partial charge in [-0.25, -0.2) is 0 Å². The average molecular weight is 372 g/mol. The molecular formula is C21H25NO3S. The van der Waals surface area contributed by atoms with Crippen LogP contribution in [0.4, 0.5) is 0 Å². The Kier molecular flexibility index (Phi) is 4.86. The van der Waals surface area contributed by atoms with E-state index < -0.39 is 11.0 Å². The van der Waals surface area contributed by atoms with E-state index in [1.807, 2.05) is 47.8 Å². The largest absolute Gasteiger partial charge is 0.382 e. The zero-order valence-corrected chi connectivity index (χ0v) is 15.6. The van der Waals surface area contributed by atoms with Crippen LogP contribution in [0.3, 0.4) is 0 Å². The van der Waals surface area contributed by atoms with Crippen molar-refractivity contribution in [2.24, 2.45) is 5.92 Å². The molecule has 2 N–H and O–H groups in total. The highest BCUT2D eigenvalue weighted by atomic mass is 32.1. The molecule has 1 saturated heterocycles. The molecule has 138 valence electrons. The SMILES string of the molecule is O=C(NCC(O)(c1cccs1)C1CC1)C1(c2ccccc2)CCOCC1. The lowest BCUT2D eigenvalue weighted by Crippen LogP contribution is -2.51. The van der Waals surface area contributed by atoms with Crippen molar-refractivity contribution < 1.29 is 14.6 Å². The molecule has 1 aliphatic heterocycles. The fourth-order valence-corrected chi connectivity index (χ4v) is 4.93. The highest BCUT2D eigenvalue weighted by Gasteiger charge is 2.48. The third kappa shape index (κ3) is 3.20. The summed E-state index contributed by atoms with van der Waals surface area (Å²) in [6, 6.07) is 13.9. The summed E-state index contributed by atoms with van der Waals surface area (Å²) in [6.07, 6.45) is 3.37. The van der Waals surface area contributed by atoms with E-state index in [9.17, 15) is 9.90 Å². The normalized spacial score (nSPS) is 21.7. The van der Waals surface area contributed by atoms with Gasteiger partial charge in [-0.15, -0.1) is 11.3 Å². The van der Waals surface area contributed by atoms with Gasteiger partial charge in [-0.2, -0.15) is 0 Å². The van der Waals surface area contributed by atoms with Crippen molar-refractivity contribution in [2.75, 3.05) is 19.8 Å². The van der Waals surface area contributed by atoms with E-state index in [1.165, 1.54) is 0 Å². The minimum absolute atomic E-state index is 0.00244. The minimum atomic E-state index is -0.952. The van der Waals surface area contributed by atoms with Crippen molar-refractivity contribution in [1.29, 1.82) is 0 Å². The molecule has 1 atom stereocenters. The van der Waals surface area contributed by atoms with Gasteiger partial charge in [0.15, 0.2) is 0 Å². The molecule has 5 heteroatoms. The van der Waals surface area contributed by atoms with Crippen molar-refractivity contribution in [3.8, 4) is 0 Å². The summed E-state index contributed by atoms with van der Waals surface area (Å²) in [6.45, 7) is 1.44. The number of carbonyl (C=O) groups is 1. The number of carbonyl (C=O) groups excluding carboxylic acids is 1. The van der Waals surface area contributed by atoms with E-state index in [1.54, 1.807) is 11.3 Å². The highest BCUT2D eigenvalue weighted by molar-refractivity contribution is 7.10. The Morgan fingerprint density at radius 2 is 1.92 bits per heavy atom. The molecular weight excluding hydrogens is 346 g/mol. The minimum Gasteiger partial charge on any atom is -0.382 e. The van der Waals surface area contributed by atoms with Gasteiger partial charge in [0, 0.05) is 18.1 Å². The molecule has 4 nitrogen and oxygen atoms in total. The molecule has 2 aromatic rings. The van der Waals surface area contributed by atoms with Crippen LogP contribution in [0.2, 0.25) is 0 Å². The van der Waals surface area contributed by atoms with Gasteiger partial charge in [0.25, 0.3) is 0 Å². The molecule has 0 spiro atoms. The quantitative estimate of drug-likeness (QED) is 0.820. The number of amides is 1. The lowest BCUT2D eigenvalue weighted by atomic mass is 9.73. The molecule has 1 amide bonds. The van der Waals surface area contributed by atoms with Gasteiger partial charge >= 0.3 is 0 Å². The van der Waals surface area contributed by atoms with Crippen LogP contribution in [0.5, 0.6) is 0 Å². The Bertz CT molecular complexity index is 736. The van der Waals surface area contributed by atoms with E-state index in [2.05, 4.69) is 5.32 Å². The van der Waals surface area contributed by atoms with E-state index >= 15 is 0 Å². The van der Waals surface area contributed by atoms with Crippen LogP contribution in [-0.2, 0) is 20.5 Å². The summed E-state index contributed by atoms with van der Waals surface area (Å²) in [5, 5.41) is 16.4. The first-order valence-electron chi connectivity index (χ1n) is 9.33. The summed E-state index contributed by atoms with van der Waals surface area (Å²) >= 11 is 1.56. The van der Waals surface area contributed by atoms with Crippen molar-refractivity contribution in [2.45, 2.75) is 36.7 Å². The molecule has 2 fully saturated rings. The smallest absolute Gasteiger partial charge is 0.230 e. The lowest BCUT2D eigenvalue weighted by molar-refractivity contribution is -0.132. The Balaban J connectivity index is 1.55. The standard InChI is InChI=1S/C21H25NO3S/c23-19(20(10-12-25-13-11-20)16-5-2-1-3-6-16)22-15-21(24,17-8-9-17)18-7-4-14-26-18/h1-7,14,17,24H,8-13,15H2,(H,22,23). The number of rotatable bonds is 6. The second-order valence-electron chi connectivity index (χ2n) is 7.42. The maximum Gasteiger partial charge on any atom is 0.230 e.